The SMILES string of the molecule is COc1cccc2c1[C@@H](ON1C(C)(C)CCCC1(C)C)[C@H](c1ccccc1)N2C(=O)OC(C)(C)C. The maximum absolute atomic E-state index is 13.7. The topological polar surface area (TPSA) is 51.2 Å². The number of hydrogen-bond donors (Lipinski definition) is 0. The number of benzene rings is 2. The maximum Gasteiger partial charge on any atom is 0.415 e. The molecule has 0 bridgehead atoms. The lowest BCUT2D eigenvalue weighted by Crippen LogP contribution is -2.58. The van der Waals surface area contributed by atoms with Gasteiger partial charge >= 0.3 is 6.09 Å². The van der Waals surface area contributed by atoms with E-state index in [0.29, 0.717) is 5.75 Å². The monoisotopic (exact) mass is 480 g/mol. The number of anilines is 1. The summed E-state index contributed by atoms with van der Waals surface area (Å²) in [4.78, 5) is 22.5. The van der Waals surface area contributed by atoms with Gasteiger partial charge in [0, 0.05) is 11.1 Å². The van der Waals surface area contributed by atoms with E-state index in [4.69, 9.17) is 14.3 Å². The molecule has 0 radical (unpaired) electrons. The second-order valence-corrected chi connectivity index (χ2v) is 11.9. The van der Waals surface area contributed by atoms with Crippen molar-refractivity contribution >= 4 is 11.8 Å². The smallest absolute Gasteiger partial charge is 0.415 e. The minimum atomic E-state index is -0.632. The molecule has 35 heavy (non-hydrogen) atoms. The number of hydrogen-bond acceptors (Lipinski definition) is 5. The van der Waals surface area contributed by atoms with Crippen molar-refractivity contribution in [1.82, 2.24) is 5.06 Å². The van der Waals surface area contributed by atoms with E-state index < -0.39 is 23.8 Å². The van der Waals surface area contributed by atoms with Crippen LogP contribution < -0.4 is 9.64 Å². The quantitative estimate of drug-likeness (QED) is 0.463. The van der Waals surface area contributed by atoms with Gasteiger partial charge in [-0.05, 0) is 85.4 Å². The van der Waals surface area contributed by atoms with Gasteiger partial charge in [-0.15, -0.1) is 0 Å². The fraction of sp³-hybridized carbons (Fsp3) is 0.552. The lowest BCUT2D eigenvalue weighted by molar-refractivity contribution is -0.309. The van der Waals surface area contributed by atoms with Crippen LogP contribution in [0.5, 0.6) is 5.75 Å². The van der Waals surface area contributed by atoms with Crippen LogP contribution in [0.15, 0.2) is 48.5 Å². The number of fused-ring (bicyclic) bond motifs is 1. The van der Waals surface area contributed by atoms with Crippen LogP contribution in [0.25, 0.3) is 0 Å². The Kier molecular flexibility index (Phi) is 6.66. The third kappa shape index (κ3) is 4.91. The fourth-order valence-electron chi connectivity index (χ4n) is 5.63. The Morgan fingerprint density at radius 1 is 0.943 bits per heavy atom. The number of hydroxylamine groups is 2. The van der Waals surface area contributed by atoms with Crippen LogP contribution in [0.3, 0.4) is 0 Å². The summed E-state index contributed by atoms with van der Waals surface area (Å²) in [7, 11) is 1.66. The normalized spacial score (nSPS) is 23.6. The molecule has 2 aromatic rings. The Morgan fingerprint density at radius 3 is 2.14 bits per heavy atom. The number of rotatable bonds is 4. The zero-order valence-electron chi connectivity index (χ0n) is 22.4. The van der Waals surface area contributed by atoms with Crippen LogP contribution in [0.2, 0.25) is 0 Å². The van der Waals surface area contributed by atoms with E-state index in [2.05, 4.69) is 32.8 Å². The van der Waals surface area contributed by atoms with Crippen LogP contribution >= 0.6 is 0 Å². The molecule has 0 spiro atoms. The van der Waals surface area contributed by atoms with Crippen molar-refractivity contribution in [3.05, 3.63) is 59.7 Å². The lowest BCUT2D eigenvalue weighted by atomic mass is 9.82. The molecular weight excluding hydrogens is 440 g/mol. The number of carbonyl (C=O) groups excluding carboxylic acids is 1. The van der Waals surface area contributed by atoms with E-state index in [1.54, 1.807) is 12.0 Å². The lowest BCUT2D eigenvalue weighted by Gasteiger charge is -2.52. The molecule has 0 aliphatic carbocycles. The predicted octanol–water partition coefficient (Wildman–Crippen LogP) is 7.21. The first-order valence-electron chi connectivity index (χ1n) is 12.6. The second-order valence-electron chi connectivity index (χ2n) is 11.9. The number of amides is 1. The molecule has 1 amide bonds. The highest BCUT2D eigenvalue weighted by Crippen LogP contribution is 2.55. The van der Waals surface area contributed by atoms with Crippen LogP contribution in [0.1, 0.15) is 91.0 Å². The van der Waals surface area contributed by atoms with E-state index in [9.17, 15) is 4.79 Å². The van der Waals surface area contributed by atoms with Gasteiger partial charge in [0.05, 0.1) is 24.4 Å². The summed E-state index contributed by atoms with van der Waals surface area (Å²) >= 11 is 0. The van der Waals surface area contributed by atoms with Crippen molar-refractivity contribution in [3.8, 4) is 5.75 Å². The van der Waals surface area contributed by atoms with Crippen molar-refractivity contribution in [2.45, 2.75) is 96.6 Å². The molecule has 2 aromatic carbocycles. The molecule has 0 saturated carbocycles. The van der Waals surface area contributed by atoms with Gasteiger partial charge in [-0.2, -0.15) is 5.06 Å². The minimum Gasteiger partial charge on any atom is -0.496 e. The summed E-state index contributed by atoms with van der Waals surface area (Å²) in [5, 5.41) is 2.17. The minimum absolute atomic E-state index is 0.162. The van der Waals surface area contributed by atoms with Crippen molar-refractivity contribution in [1.29, 1.82) is 0 Å². The van der Waals surface area contributed by atoms with Gasteiger partial charge in [-0.25, -0.2) is 4.79 Å². The fourth-order valence-corrected chi connectivity index (χ4v) is 5.63. The Balaban J connectivity index is 1.89. The first-order chi connectivity index (χ1) is 16.4. The summed E-state index contributed by atoms with van der Waals surface area (Å²) in [5.74, 6) is 0.701. The Morgan fingerprint density at radius 2 is 1.57 bits per heavy atom. The predicted molar refractivity (Wildman–Crippen MR) is 139 cm³/mol. The van der Waals surface area contributed by atoms with Crippen molar-refractivity contribution < 1.29 is 19.1 Å². The van der Waals surface area contributed by atoms with E-state index in [0.717, 1.165) is 36.1 Å². The summed E-state index contributed by atoms with van der Waals surface area (Å²) in [6, 6.07) is 15.4. The number of carbonyl (C=O) groups is 1. The molecule has 0 N–H and O–H groups in total. The molecule has 2 heterocycles. The highest BCUT2D eigenvalue weighted by molar-refractivity contribution is 5.93. The molecule has 0 unspecified atom stereocenters. The zero-order valence-corrected chi connectivity index (χ0v) is 22.4. The van der Waals surface area contributed by atoms with Gasteiger partial charge in [0.1, 0.15) is 17.5 Å². The average Bonchev–Trinajstić information content (AvgIpc) is 3.10. The molecule has 2 aliphatic heterocycles. The van der Waals surface area contributed by atoms with Crippen LogP contribution in [0, 0.1) is 0 Å². The molecule has 2 atom stereocenters. The Hall–Kier alpha value is -2.57. The first kappa shape index (κ1) is 25.5. The van der Waals surface area contributed by atoms with Gasteiger partial charge < -0.3 is 9.47 Å². The Labute approximate surface area is 210 Å². The number of methoxy groups -OCH3 is 1. The van der Waals surface area contributed by atoms with Crippen molar-refractivity contribution in [2.24, 2.45) is 0 Å². The van der Waals surface area contributed by atoms with E-state index in [1.807, 2.05) is 69.3 Å². The standard InChI is InChI=1S/C29H40N2O4/c1-27(2,3)34-26(32)30-21-16-12-17-22(33-8)23(21)25(24(30)20-14-10-9-11-15-20)35-31-28(4,5)18-13-19-29(31,6)7/h9-12,14-17,24-25H,13,18-19H2,1-8H3/t24-,25+/m0/s1. The molecule has 190 valence electrons. The largest absolute Gasteiger partial charge is 0.496 e. The third-order valence-corrected chi connectivity index (χ3v) is 7.00. The van der Waals surface area contributed by atoms with Gasteiger partial charge in [0.2, 0.25) is 0 Å². The maximum atomic E-state index is 13.7. The summed E-state index contributed by atoms with van der Waals surface area (Å²) < 4.78 is 11.7. The highest BCUT2D eigenvalue weighted by atomic mass is 16.7. The van der Waals surface area contributed by atoms with Gasteiger partial charge in [-0.1, -0.05) is 36.4 Å². The molecule has 0 aromatic heterocycles. The molecule has 6 heteroatoms. The highest BCUT2D eigenvalue weighted by Gasteiger charge is 2.51. The van der Waals surface area contributed by atoms with Crippen LogP contribution in [-0.2, 0) is 9.57 Å². The third-order valence-electron chi connectivity index (χ3n) is 7.00. The summed E-state index contributed by atoms with van der Waals surface area (Å²) in [6.07, 6.45) is 2.36. The molecule has 2 aliphatic rings. The summed E-state index contributed by atoms with van der Waals surface area (Å²) in [5.41, 5.74) is 1.65. The molecule has 4 rings (SSSR count). The molecule has 6 nitrogen and oxygen atoms in total. The van der Waals surface area contributed by atoms with E-state index >= 15 is 0 Å². The van der Waals surface area contributed by atoms with Crippen LogP contribution in [-0.4, -0.2) is 34.9 Å². The second kappa shape index (κ2) is 9.14. The molecular formula is C29H40N2O4. The number of ether oxygens (including phenoxy) is 2. The van der Waals surface area contributed by atoms with Crippen molar-refractivity contribution in [3.63, 3.8) is 0 Å². The van der Waals surface area contributed by atoms with Gasteiger partial charge in [0.25, 0.3) is 0 Å². The number of nitrogens with zero attached hydrogens (tertiary/aromatic N) is 2. The van der Waals surface area contributed by atoms with E-state index in [-0.39, 0.29) is 11.1 Å². The molecule has 1 saturated heterocycles. The number of piperidine rings is 1. The van der Waals surface area contributed by atoms with E-state index in [1.165, 1.54) is 0 Å². The van der Waals surface area contributed by atoms with Crippen LogP contribution in [0.4, 0.5) is 10.5 Å². The van der Waals surface area contributed by atoms with Gasteiger partial charge in [-0.3, -0.25) is 9.74 Å². The van der Waals surface area contributed by atoms with Crippen molar-refractivity contribution in [2.75, 3.05) is 12.0 Å². The van der Waals surface area contributed by atoms with Gasteiger partial charge in [0.15, 0.2) is 0 Å². The Bertz CT molecular complexity index is 1040. The summed E-state index contributed by atoms with van der Waals surface area (Å²) in [6.45, 7) is 14.6. The molecule has 1 fully saturated rings. The average molecular weight is 481 g/mol. The zero-order chi connectivity index (χ0) is 25.6. The first-order valence-corrected chi connectivity index (χ1v) is 12.6.